The Hall–Kier alpha value is -2.18. The molecule has 2 rings (SSSR count). The number of halogens is 2. The van der Waals surface area contributed by atoms with Crippen molar-refractivity contribution >= 4 is 50.7 Å². The van der Waals surface area contributed by atoms with Gasteiger partial charge in [0.25, 0.3) is 0 Å². The lowest BCUT2D eigenvalue weighted by molar-refractivity contribution is -0.124. The number of rotatable bonds is 6. The number of amides is 2. The predicted molar refractivity (Wildman–Crippen MR) is 109 cm³/mol. The molecule has 26 heavy (non-hydrogen) atoms. The number of carbonyl (C=O) groups excluding carboxylic acids is 2. The Kier molecular flexibility index (Phi) is 7.36. The van der Waals surface area contributed by atoms with Gasteiger partial charge in [0.05, 0.1) is 5.71 Å². The van der Waals surface area contributed by atoms with Crippen molar-refractivity contribution in [3.8, 4) is 0 Å². The number of nitrogens with zero attached hydrogens (tertiary/aromatic N) is 1. The minimum atomic E-state index is -0.320. The third-order valence-corrected chi connectivity index (χ3v) is 4.67. The zero-order valence-electron chi connectivity index (χ0n) is 14.5. The molecule has 2 aromatic carbocycles. The number of nitrogens with one attached hydrogen (secondary N) is 2. The molecule has 0 spiro atoms. The summed E-state index contributed by atoms with van der Waals surface area (Å²) in [6.07, 6.45) is 0.104. The first-order valence-electron chi connectivity index (χ1n) is 8.01. The molecule has 0 aliphatic heterocycles. The first kappa shape index (κ1) is 20.1. The summed E-state index contributed by atoms with van der Waals surface area (Å²) in [6, 6.07) is 12.9. The minimum Gasteiger partial charge on any atom is -0.326 e. The SMILES string of the molecule is C/C(=N/NC(=O)CCC(=O)Nc1cccc(Cl)c1C)c1ccc(Br)cc1. The van der Waals surface area contributed by atoms with Crippen molar-refractivity contribution in [1.82, 2.24) is 5.43 Å². The molecule has 0 saturated carbocycles. The third kappa shape index (κ3) is 5.97. The second kappa shape index (κ2) is 9.50. The van der Waals surface area contributed by atoms with Crippen LogP contribution in [-0.4, -0.2) is 17.5 Å². The summed E-state index contributed by atoms with van der Waals surface area (Å²) in [7, 11) is 0. The zero-order valence-corrected chi connectivity index (χ0v) is 16.8. The van der Waals surface area contributed by atoms with Gasteiger partial charge in [-0.05, 0) is 49.2 Å². The molecule has 7 heteroatoms. The van der Waals surface area contributed by atoms with Crippen molar-refractivity contribution in [3.63, 3.8) is 0 Å². The normalized spacial score (nSPS) is 11.2. The van der Waals surface area contributed by atoms with Crippen LogP contribution in [0.2, 0.25) is 5.02 Å². The molecule has 0 fully saturated rings. The van der Waals surface area contributed by atoms with E-state index >= 15 is 0 Å². The molecule has 0 aliphatic carbocycles. The van der Waals surface area contributed by atoms with Gasteiger partial charge in [0.1, 0.15) is 0 Å². The molecule has 0 aromatic heterocycles. The number of hydrazone groups is 1. The molecule has 136 valence electrons. The van der Waals surface area contributed by atoms with Crippen LogP contribution in [0.3, 0.4) is 0 Å². The molecule has 0 radical (unpaired) electrons. The highest BCUT2D eigenvalue weighted by atomic mass is 79.9. The monoisotopic (exact) mass is 435 g/mol. The highest BCUT2D eigenvalue weighted by molar-refractivity contribution is 9.10. The van der Waals surface area contributed by atoms with Gasteiger partial charge in [-0.2, -0.15) is 5.10 Å². The Bertz CT molecular complexity index is 835. The van der Waals surface area contributed by atoms with Crippen LogP contribution >= 0.6 is 27.5 Å². The number of hydrogen-bond donors (Lipinski definition) is 2. The van der Waals surface area contributed by atoms with Crippen LogP contribution in [0.4, 0.5) is 5.69 Å². The van der Waals surface area contributed by atoms with E-state index in [0.29, 0.717) is 16.4 Å². The van der Waals surface area contributed by atoms with Gasteiger partial charge in [0, 0.05) is 28.0 Å². The van der Waals surface area contributed by atoms with Gasteiger partial charge < -0.3 is 5.32 Å². The molecule has 0 aliphatic rings. The van der Waals surface area contributed by atoms with Gasteiger partial charge >= 0.3 is 0 Å². The topological polar surface area (TPSA) is 70.6 Å². The van der Waals surface area contributed by atoms with Crippen molar-refractivity contribution in [2.45, 2.75) is 26.7 Å². The van der Waals surface area contributed by atoms with Gasteiger partial charge in [-0.15, -0.1) is 0 Å². The van der Waals surface area contributed by atoms with Crippen molar-refractivity contribution < 1.29 is 9.59 Å². The Morgan fingerprint density at radius 2 is 1.73 bits per heavy atom. The molecule has 2 N–H and O–H groups in total. The number of carbonyl (C=O) groups is 2. The average Bonchev–Trinajstić information content (AvgIpc) is 2.62. The van der Waals surface area contributed by atoms with Crippen LogP contribution in [0.15, 0.2) is 52.0 Å². The maximum Gasteiger partial charge on any atom is 0.240 e. The van der Waals surface area contributed by atoms with E-state index in [4.69, 9.17) is 11.6 Å². The third-order valence-electron chi connectivity index (χ3n) is 3.73. The first-order chi connectivity index (χ1) is 12.4. The van der Waals surface area contributed by atoms with Gasteiger partial charge in [0.2, 0.25) is 11.8 Å². The van der Waals surface area contributed by atoms with Crippen LogP contribution in [0.5, 0.6) is 0 Å². The average molecular weight is 437 g/mol. The standard InChI is InChI=1S/C19H19BrClN3O2/c1-12-16(21)4-3-5-17(12)22-18(25)10-11-19(26)24-23-13(2)14-6-8-15(20)9-7-14/h3-9H,10-11H2,1-2H3,(H,22,25)(H,24,26)/b23-13-. The van der Waals surface area contributed by atoms with Gasteiger partial charge in [-0.25, -0.2) is 5.43 Å². The molecule has 0 bridgehead atoms. The number of anilines is 1. The molecule has 2 amide bonds. The lowest BCUT2D eigenvalue weighted by Gasteiger charge is -2.09. The van der Waals surface area contributed by atoms with E-state index in [9.17, 15) is 9.59 Å². The number of benzene rings is 2. The molecule has 2 aromatic rings. The Morgan fingerprint density at radius 1 is 1.08 bits per heavy atom. The van der Waals surface area contributed by atoms with Crippen molar-refractivity contribution in [3.05, 3.63) is 63.1 Å². The van der Waals surface area contributed by atoms with E-state index in [2.05, 4.69) is 31.8 Å². The summed E-state index contributed by atoms with van der Waals surface area (Å²) in [5, 5.41) is 7.40. The lowest BCUT2D eigenvalue weighted by atomic mass is 10.1. The molecule has 0 saturated heterocycles. The molecular weight excluding hydrogens is 418 g/mol. The van der Waals surface area contributed by atoms with E-state index < -0.39 is 0 Å². The predicted octanol–water partition coefficient (Wildman–Crippen LogP) is 4.67. The molecule has 5 nitrogen and oxygen atoms in total. The zero-order chi connectivity index (χ0) is 19.1. The highest BCUT2D eigenvalue weighted by Gasteiger charge is 2.09. The summed E-state index contributed by atoms with van der Waals surface area (Å²) in [4.78, 5) is 23.9. The maximum absolute atomic E-state index is 12.0. The molecular formula is C19H19BrClN3O2. The Balaban J connectivity index is 1.82. The summed E-state index contributed by atoms with van der Waals surface area (Å²) in [5.41, 5.74) is 5.50. The molecule has 0 atom stereocenters. The second-order valence-corrected chi connectivity index (χ2v) is 7.02. The summed E-state index contributed by atoms with van der Waals surface area (Å²) in [5.74, 6) is -0.571. The Morgan fingerprint density at radius 3 is 2.42 bits per heavy atom. The lowest BCUT2D eigenvalue weighted by Crippen LogP contribution is -2.22. The van der Waals surface area contributed by atoms with Crippen LogP contribution in [-0.2, 0) is 9.59 Å². The summed E-state index contributed by atoms with van der Waals surface area (Å²) < 4.78 is 0.971. The van der Waals surface area contributed by atoms with Crippen LogP contribution < -0.4 is 10.7 Å². The fraction of sp³-hybridized carbons (Fsp3) is 0.211. The quantitative estimate of drug-likeness (QED) is 0.510. The second-order valence-electron chi connectivity index (χ2n) is 5.70. The first-order valence-corrected chi connectivity index (χ1v) is 9.18. The van der Waals surface area contributed by atoms with E-state index in [1.54, 1.807) is 25.1 Å². The molecule has 0 heterocycles. The summed E-state index contributed by atoms with van der Waals surface area (Å²) >= 11 is 9.39. The van der Waals surface area contributed by atoms with E-state index in [-0.39, 0.29) is 24.7 Å². The fourth-order valence-corrected chi connectivity index (χ4v) is 2.58. The van der Waals surface area contributed by atoms with Crippen molar-refractivity contribution in [1.29, 1.82) is 0 Å². The highest BCUT2D eigenvalue weighted by Crippen LogP contribution is 2.23. The van der Waals surface area contributed by atoms with Crippen LogP contribution in [0, 0.1) is 6.92 Å². The van der Waals surface area contributed by atoms with E-state index in [1.165, 1.54) is 0 Å². The van der Waals surface area contributed by atoms with Crippen molar-refractivity contribution in [2.75, 3.05) is 5.32 Å². The van der Waals surface area contributed by atoms with Crippen molar-refractivity contribution in [2.24, 2.45) is 5.10 Å². The number of hydrogen-bond acceptors (Lipinski definition) is 3. The fourth-order valence-electron chi connectivity index (χ4n) is 2.14. The van der Waals surface area contributed by atoms with Gasteiger partial charge in [0.15, 0.2) is 0 Å². The van der Waals surface area contributed by atoms with Gasteiger partial charge in [-0.3, -0.25) is 9.59 Å². The van der Waals surface area contributed by atoms with Crippen LogP contribution in [0.25, 0.3) is 0 Å². The molecule has 0 unspecified atom stereocenters. The maximum atomic E-state index is 12.0. The smallest absolute Gasteiger partial charge is 0.240 e. The van der Waals surface area contributed by atoms with Crippen LogP contribution in [0.1, 0.15) is 30.9 Å². The largest absolute Gasteiger partial charge is 0.326 e. The summed E-state index contributed by atoms with van der Waals surface area (Å²) in [6.45, 7) is 3.63. The Labute approximate surface area is 166 Å². The van der Waals surface area contributed by atoms with E-state index in [0.717, 1.165) is 15.6 Å². The van der Waals surface area contributed by atoms with Gasteiger partial charge in [-0.1, -0.05) is 45.7 Å². The minimum absolute atomic E-state index is 0.0442. The van der Waals surface area contributed by atoms with E-state index in [1.807, 2.05) is 31.2 Å².